The Kier molecular flexibility index (Phi) is 3.54. The van der Waals surface area contributed by atoms with Crippen LogP contribution in [0.25, 0.3) is 0 Å². The van der Waals surface area contributed by atoms with Crippen LogP contribution < -0.4 is 4.74 Å². The normalized spacial score (nSPS) is 9.83. The standard InChI is InChI=1S/C9H12NO2/c1-8-9(4-3-5-10-8)12-7-6-11-2/h4-5H,6-7H2,1-2H3. The van der Waals surface area contributed by atoms with Gasteiger partial charge < -0.3 is 9.47 Å². The van der Waals surface area contributed by atoms with Gasteiger partial charge in [-0.25, -0.2) is 0 Å². The van der Waals surface area contributed by atoms with Gasteiger partial charge in [-0.2, -0.15) is 0 Å². The molecule has 0 N–H and O–H groups in total. The molecule has 0 aliphatic heterocycles. The minimum Gasteiger partial charge on any atom is -0.489 e. The summed E-state index contributed by atoms with van der Waals surface area (Å²) in [6.45, 7) is 3.04. The van der Waals surface area contributed by atoms with Crippen LogP contribution in [0.4, 0.5) is 0 Å². The van der Waals surface area contributed by atoms with Crippen LogP contribution in [0.15, 0.2) is 12.3 Å². The van der Waals surface area contributed by atoms with Crippen molar-refractivity contribution in [3.63, 3.8) is 0 Å². The summed E-state index contributed by atoms with van der Waals surface area (Å²) in [5.41, 5.74) is 0.879. The Labute approximate surface area is 72.3 Å². The van der Waals surface area contributed by atoms with Gasteiger partial charge in [-0.1, -0.05) is 0 Å². The lowest BCUT2D eigenvalue weighted by Gasteiger charge is -2.06. The van der Waals surface area contributed by atoms with Crippen LogP contribution in [-0.2, 0) is 4.74 Å². The summed E-state index contributed by atoms with van der Waals surface area (Å²) < 4.78 is 10.2. The molecule has 0 aromatic carbocycles. The van der Waals surface area contributed by atoms with E-state index < -0.39 is 0 Å². The Bertz CT molecular complexity index is 238. The zero-order valence-corrected chi connectivity index (χ0v) is 7.33. The maximum Gasteiger partial charge on any atom is 0.141 e. The molecule has 0 unspecified atom stereocenters. The lowest BCUT2D eigenvalue weighted by Crippen LogP contribution is -2.05. The molecule has 1 heterocycles. The molecule has 0 aliphatic carbocycles. The molecule has 12 heavy (non-hydrogen) atoms. The highest BCUT2D eigenvalue weighted by Gasteiger charge is 1.97. The second kappa shape index (κ2) is 4.72. The molecule has 1 aromatic rings. The second-order valence-electron chi connectivity index (χ2n) is 2.36. The minimum atomic E-state index is 0.552. The topological polar surface area (TPSA) is 31.4 Å². The predicted octanol–water partition coefficient (Wildman–Crippen LogP) is 1.22. The van der Waals surface area contributed by atoms with Crippen LogP contribution in [0, 0.1) is 13.0 Å². The molecule has 0 fully saturated rings. The number of hydrogen-bond donors (Lipinski definition) is 0. The van der Waals surface area contributed by atoms with Crippen molar-refractivity contribution >= 4 is 0 Å². The maximum atomic E-state index is 5.36. The van der Waals surface area contributed by atoms with E-state index in [0.29, 0.717) is 13.2 Å². The van der Waals surface area contributed by atoms with Crippen molar-refractivity contribution in [1.82, 2.24) is 4.98 Å². The Hall–Kier alpha value is -1.09. The molecule has 0 amide bonds. The molecule has 0 spiro atoms. The van der Waals surface area contributed by atoms with Gasteiger partial charge in [0.1, 0.15) is 12.4 Å². The van der Waals surface area contributed by atoms with Crippen molar-refractivity contribution in [1.29, 1.82) is 0 Å². The molecule has 65 valence electrons. The van der Waals surface area contributed by atoms with Gasteiger partial charge in [-0.3, -0.25) is 4.98 Å². The van der Waals surface area contributed by atoms with Crippen molar-refractivity contribution in [2.24, 2.45) is 0 Å². The highest BCUT2D eigenvalue weighted by atomic mass is 16.5. The first-order chi connectivity index (χ1) is 5.84. The van der Waals surface area contributed by atoms with Crippen LogP contribution in [-0.4, -0.2) is 25.3 Å². The fourth-order valence-corrected chi connectivity index (χ4v) is 0.796. The number of ether oxygens (including phenoxy) is 2. The lowest BCUT2D eigenvalue weighted by atomic mass is 10.3. The van der Waals surface area contributed by atoms with E-state index in [0.717, 1.165) is 11.4 Å². The predicted molar refractivity (Wildman–Crippen MR) is 45.2 cm³/mol. The van der Waals surface area contributed by atoms with Crippen molar-refractivity contribution in [2.45, 2.75) is 6.92 Å². The molecule has 0 atom stereocenters. The molecule has 0 aliphatic rings. The van der Waals surface area contributed by atoms with E-state index in [4.69, 9.17) is 9.47 Å². The molecule has 0 saturated heterocycles. The van der Waals surface area contributed by atoms with Crippen LogP contribution in [0.5, 0.6) is 5.75 Å². The SMILES string of the molecule is COCCOc1c[c]cnc1C. The molecular formula is C9H12NO2. The van der Waals surface area contributed by atoms with Crippen LogP contribution >= 0.6 is 0 Å². The Balaban J connectivity index is 2.46. The van der Waals surface area contributed by atoms with Gasteiger partial charge >= 0.3 is 0 Å². The number of rotatable bonds is 4. The highest BCUT2D eigenvalue weighted by molar-refractivity contribution is 5.24. The summed E-state index contributed by atoms with van der Waals surface area (Å²) in [5.74, 6) is 0.773. The number of methoxy groups -OCH3 is 1. The van der Waals surface area contributed by atoms with Crippen molar-refractivity contribution in [3.05, 3.63) is 24.0 Å². The third-order valence-electron chi connectivity index (χ3n) is 1.45. The molecule has 1 rings (SSSR count). The summed E-state index contributed by atoms with van der Waals surface area (Å²) in [4.78, 5) is 4.04. The van der Waals surface area contributed by atoms with Gasteiger partial charge in [0, 0.05) is 19.4 Å². The monoisotopic (exact) mass is 166 g/mol. The lowest BCUT2D eigenvalue weighted by molar-refractivity contribution is 0.145. The van der Waals surface area contributed by atoms with Gasteiger partial charge in [0.05, 0.1) is 12.3 Å². The van der Waals surface area contributed by atoms with Gasteiger partial charge in [-0.15, -0.1) is 0 Å². The molecular weight excluding hydrogens is 154 g/mol. The number of aromatic nitrogens is 1. The number of aryl methyl sites for hydroxylation is 1. The molecule has 0 bridgehead atoms. The molecule has 3 heteroatoms. The van der Waals surface area contributed by atoms with Gasteiger partial charge in [0.15, 0.2) is 0 Å². The Morgan fingerprint density at radius 3 is 3.00 bits per heavy atom. The Morgan fingerprint density at radius 1 is 1.50 bits per heavy atom. The highest BCUT2D eigenvalue weighted by Crippen LogP contribution is 2.12. The average Bonchev–Trinajstić information content (AvgIpc) is 2.09. The second-order valence-corrected chi connectivity index (χ2v) is 2.36. The summed E-state index contributed by atoms with van der Waals surface area (Å²) in [6.07, 6.45) is 1.62. The number of hydrogen-bond acceptors (Lipinski definition) is 3. The van der Waals surface area contributed by atoms with Gasteiger partial charge in [0.25, 0.3) is 0 Å². The third kappa shape index (κ3) is 2.51. The van der Waals surface area contributed by atoms with Crippen LogP contribution in [0.2, 0.25) is 0 Å². The summed E-state index contributed by atoms with van der Waals surface area (Å²) in [5, 5.41) is 0. The summed E-state index contributed by atoms with van der Waals surface area (Å²) in [6, 6.07) is 4.63. The van der Waals surface area contributed by atoms with Crippen LogP contribution in [0.3, 0.4) is 0 Å². The minimum absolute atomic E-state index is 0.552. The van der Waals surface area contributed by atoms with Crippen molar-refractivity contribution in [2.75, 3.05) is 20.3 Å². The fourth-order valence-electron chi connectivity index (χ4n) is 0.796. The first kappa shape index (κ1) is 9.00. The number of nitrogens with zero attached hydrogens (tertiary/aromatic N) is 1. The van der Waals surface area contributed by atoms with Gasteiger partial charge in [-0.05, 0) is 13.0 Å². The first-order valence-corrected chi connectivity index (χ1v) is 3.79. The summed E-state index contributed by atoms with van der Waals surface area (Å²) in [7, 11) is 1.64. The Morgan fingerprint density at radius 2 is 2.33 bits per heavy atom. The van der Waals surface area contributed by atoms with Crippen molar-refractivity contribution in [3.8, 4) is 5.75 Å². The molecule has 1 radical (unpaired) electrons. The zero-order valence-electron chi connectivity index (χ0n) is 7.33. The van der Waals surface area contributed by atoms with E-state index in [1.807, 2.05) is 6.92 Å². The molecule has 1 aromatic heterocycles. The smallest absolute Gasteiger partial charge is 0.141 e. The quantitative estimate of drug-likeness (QED) is 0.630. The van der Waals surface area contributed by atoms with E-state index in [2.05, 4.69) is 11.1 Å². The average molecular weight is 166 g/mol. The maximum absolute atomic E-state index is 5.36. The number of pyridine rings is 1. The van der Waals surface area contributed by atoms with E-state index in [-0.39, 0.29) is 0 Å². The zero-order chi connectivity index (χ0) is 8.81. The van der Waals surface area contributed by atoms with Gasteiger partial charge in [0.2, 0.25) is 0 Å². The van der Waals surface area contributed by atoms with Crippen molar-refractivity contribution < 1.29 is 9.47 Å². The largest absolute Gasteiger partial charge is 0.489 e. The van der Waals surface area contributed by atoms with E-state index in [9.17, 15) is 0 Å². The van der Waals surface area contributed by atoms with E-state index in [1.165, 1.54) is 0 Å². The summed E-state index contributed by atoms with van der Waals surface area (Å²) >= 11 is 0. The molecule has 3 nitrogen and oxygen atoms in total. The van der Waals surface area contributed by atoms with E-state index in [1.54, 1.807) is 19.4 Å². The van der Waals surface area contributed by atoms with E-state index >= 15 is 0 Å². The first-order valence-electron chi connectivity index (χ1n) is 3.79. The third-order valence-corrected chi connectivity index (χ3v) is 1.45. The molecule has 0 saturated carbocycles. The fraction of sp³-hybridized carbons (Fsp3) is 0.444. The van der Waals surface area contributed by atoms with Crippen LogP contribution in [0.1, 0.15) is 5.69 Å².